The second-order valence-electron chi connectivity index (χ2n) is 9.83. The number of rotatable bonds is 6. The van der Waals surface area contributed by atoms with Crippen LogP contribution in [0, 0.1) is 19.7 Å². The smallest absolute Gasteiger partial charge is 0.274 e. The molecule has 0 spiro atoms. The number of carbonyl (C=O) groups is 1. The second-order valence-corrected chi connectivity index (χ2v) is 10.8. The molecule has 0 saturated heterocycles. The topological polar surface area (TPSA) is 109 Å². The van der Waals surface area contributed by atoms with Gasteiger partial charge in [-0.15, -0.1) is 11.3 Å². The summed E-state index contributed by atoms with van der Waals surface area (Å²) in [5, 5.41) is 14.4. The van der Waals surface area contributed by atoms with E-state index in [4.69, 9.17) is 4.74 Å². The summed E-state index contributed by atoms with van der Waals surface area (Å²) in [5.74, 6) is -0.0443. The van der Waals surface area contributed by atoms with Gasteiger partial charge >= 0.3 is 0 Å². The van der Waals surface area contributed by atoms with Gasteiger partial charge in [-0.3, -0.25) is 9.59 Å². The predicted molar refractivity (Wildman–Crippen MR) is 136 cm³/mol. The van der Waals surface area contributed by atoms with Crippen molar-refractivity contribution in [3.63, 3.8) is 0 Å². The molecule has 4 aromatic rings. The van der Waals surface area contributed by atoms with E-state index in [2.05, 4.69) is 15.3 Å². The fourth-order valence-corrected chi connectivity index (χ4v) is 5.50. The molecule has 1 saturated carbocycles. The number of aliphatic hydroxyl groups is 1. The lowest BCUT2D eigenvalue weighted by molar-refractivity contribution is 0.0817. The molecule has 1 aliphatic rings. The van der Waals surface area contributed by atoms with E-state index < -0.39 is 11.4 Å². The van der Waals surface area contributed by atoms with Crippen LogP contribution in [0.5, 0.6) is 11.6 Å². The SMILES string of the molecule is Cc1cc(F)cnc1Oc1c(-c2cn(C)c(=O)c3[nH]c(C(=O)NC4CC4)cc23)sc(C(C)(C)O)c1C. The van der Waals surface area contributed by atoms with Gasteiger partial charge in [0.15, 0.2) is 5.75 Å². The Bertz CT molecular complexity index is 1570. The number of hydrogen-bond acceptors (Lipinski definition) is 6. The van der Waals surface area contributed by atoms with Gasteiger partial charge in [-0.2, -0.15) is 0 Å². The number of hydrogen-bond donors (Lipinski definition) is 3. The molecule has 0 atom stereocenters. The molecule has 188 valence electrons. The van der Waals surface area contributed by atoms with Crippen LogP contribution in [0.3, 0.4) is 0 Å². The average Bonchev–Trinajstić information content (AvgIpc) is 3.38. The maximum absolute atomic E-state index is 13.7. The fraction of sp³-hybridized carbons (Fsp3) is 0.346. The molecule has 0 bridgehead atoms. The number of aryl methyl sites for hydroxylation is 2. The van der Waals surface area contributed by atoms with Gasteiger partial charge in [0.05, 0.1) is 16.7 Å². The van der Waals surface area contributed by atoms with Crippen LogP contribution in [0.2, 0.25) is 0 Å². The van der Waals surface area contributed by atoms with E-state index in [1.165, 1.54) is 22.0 Å². The number of fused-ring (bicyclic) bond motifs is 1. The molecule has 1 fully saturated rings. The normalized spacial score (nSPS) is 13.9. The summed E-state index contributed by atoms with van der Waals surface area (Å²) in [5.41, 5.74) is 1.05. The zero-order valence-corrected chi connectivity index (χ0v) is 21.5. The standard InChI is InChI=1S/C26H27FN4O4S/c1-12-8-14(27)10-28-24(12)35-20-13(2)22(26(3,4)34)36-21(20)17-11-31(5)25(33)19-16(17)9-18(30-19)23(32)29-15-6-7-15/h8-11,15,30,34H,6-7H2,1-5H3,(H,29,32). The second kappa shape index (κ2) is 8.56. The zero-order chi connectivity index (χ0) is 25.9. The van der Waals surface area contributed by atoms with Gasteiger partial charge in [-0.05, 0) is 52.7 Å². The summed E-state index contributed by atoms with van der Waals surface area (Å²) in [6.07, 6.45) is 4.68. The van der Waals surface area contributed by atoms with Gasteiger partial charge in [-0.1, -0.05) is 0 Å². The van der Waals surface area contributed by atoms with Crippen molar-refractivity contribution in [1.29, 1.82) is 0 Å². The van der Waals surface area contributed by atoms with Crippen LogP contribution in [0.15, 0.2) is 29.3 Å². The Morgan fingerprint density at radius 2 is 2.06 bits per heavy atom. The predicted octanol–water partition coefficient (Wildman–Crippen LogP) is 4.66. The Labute approximate surface area is 210 Å². The van der Waals surface area contributed by atoms with Crippen molar-refractivity contribution >= 4 is 28.1 Å². The number of H-pyrrole nitrogens is 1. The molecular formula is C26H27FN4O4S. The first-order valence-corrected chi connectivity index (χ1v) is 12.5. The summed E-state index contributed by atoms with van der Waals surface area (Å²) in [6, 6.07) is 3.18. The van der Waals surface area contributed by atoms with E-state index in [9.17, 15) is 19.1 Å². The third-order valence-corrected chi connectivity index (χ3v) is 7.83. The van der Waals surface area contributed by atoms with Crippen LogP contribution in [-0.4, -0.2) is 31.6 Å². The van der Waals surface area contributed by atoms with Crippen LogP contribution in [-0.2, 0) is 12.6 Å². The minimum atomic E-state index is -1.16. The van der Waals surface area contributed by atoms with Gasteiger partial charge in [-0.25, -0.2) is 9.37 Å². The van der Waals surface area contributed by atoms with Gasteiger partial charge < -0.3 is 24.7 Å². The van der Waals surface area contributed by atoms with Crippen LogP contribution < -0.4 is 15.6 Å². The molecule has 3 N–H and O–H groups in total. The van der Waals surface area contributed by atoms with E-state index in [0.29, 0.717) is 48.8 Å². The summed E-state index contributed by atoms with van der Waals surface area (Å²) in [4.78, 5) is 34.1. The van der Waals surface area contributed by atoms with Crippen LogP contribution in [0.25, 0.3) is 21.3 Å². The number of nitrogens with one attached hydrogen (secondary N) is 2. The lowest BCUT2D eigenvalue weighted by Gasteiger charge is -2.16. The number of halogens is 1. The number of aromatic amines is 1. The summed E-state index contributed by atoms with van der Waals surface area (Å²) in [7, 11) is 1.64. The minimum absolute atomic E-state index is 0.173. The first kappa shape index (κ1) is 24.2. The molecule has 1 aliphatic carbocycles. The number of carbonyl (C=O) groups excluding carboxylic acids is 1. The highest BCUT2D eigenvalue weighted by atomic mass is 32.1. The van der Waals surface area contributed by atoms with Gasteiger partial charge in [0.25, 0.3) is 11.5 Å². The Morgan fingerprint density at radius 3 is 2.69 bits per heavy atom. The monoisotopic (exact) mass is 510 g/mol. The third kappa shape index (κ3) is 4.31. The van der Waals surface area contributed by atoms with Crippen molar-refractivity contribution < 1.29 is 19.0 Å². The van der Waals surface area contributed by atoms with Crippen molar-refractivity contribution in [3.8, 4) is 22.1 Å². The number of nitrogens with zero attached hydrogens (tertiary/aromatic N) is 2. The fourth-order valence-electron chi connectivity index (χ4n) is 4.24. The molecule has 0 aromatic carbocycles. The molecule has 0 aliphatic heterocycles. The quantitative estimate of drug-likeness (QED) is 0.350. The van der Waals surface area contributed by atoms with E-state index in [-0.39, 0.29) is 23.4 Å². The summed E-state index contributed by atoms with van der Waals surface area (Å²) < 4.78 is 21.3. The molecule has 36 heavy (non-hydrogen) atoms. The van der Waals surface area contributed by atoms with E-state index in [1.54, 1.807) is 40.1 Å². The summed E-state index contributed by atoms with van der Waals surface area (Å²) >= 11 is 1.34. The number of ether oxygens (including phenoxy) is 1. The summed E-state index contributed by atoms with van der Waals surface area (Å²) in [6.45, 7) is 6.92. The van der Waals surface area contributed by atoms with Crippen LogP contribution in [0.4, 0.5) is 4.39 Å². The van der Waals surface area contributed by atoms with Crippen molar-refractivity contribution in [2.24, 2.45) is 7.05 Å². The highest BCUT2D eigenvalue weighted by molar-refractivity contribution is 7.16. The highest BCUT2D eigenvalue weighted by Gasteiger charge is 2.30. The third-order valence-electron chi connectivity index (χ3n) is 6.21. The lowest BCUT2D eigenvalue weighted by atomic mass is 10.0. The Balaban J connectivity index is 1.72. The molecule has 1 amide bonds. The number of pyridine rings is 2. The molecule has 4 aromatic heterocycles. The number of aromatic nitrogens is 3. The van der Waals surface area contributed by atoms with E-state index in [0.717, 1.165) is 19.0 Å². The molecule has 8 nitrogen and oxygen atoms in total. The maximum atomic E-state index is 13.7. The number of thiophene rings is 1. The van der Waals surface area contributed by atoms with E-state index in [1.807, 2.05) is 6.92 Å². The van der Waals surface area contributed by atoms with E-state index >= 15 is 0 Å². The van der Waals surface area contributed by atoms with Gasteiger partial charge in [0.1, 0.15) is 17.0 Å². The first-order valence-electron chi connectivity index (χ1n) is 11.6. The van der Waals surface area contributed by atoms with Crippen molar-refractivity contribution in [3.05, 3.63) is 62.4 Å². The van der Waals surface area contributed by atoms with Crippen molar-refractivity contribution in [1.82, 2.24) is 19.9 Å². The molecule has 4 heterocycles. The molecule has 10 heteroatoms. The minimum Gasteiger partial charge on any atom is -0.437 e. The Hall–Kier alpha value is -3.50. The Kier molecular flexibility index (Phi) is 5.76. The highest BCUT2D eigenvalue weighted by Crippen LogP contribution is 2.49. The van der Waals surface area contributed by atoms with Crippen molar-refractivity contribution in [2.45, 2.75) is 52.2 Å². The average molecular weight is 511 g/mol. The van der Waals surface area contributed by atoms with Crippen molar-refractivity contribution in [2.75, 3.05) is 0 Å². The first-order chi connectivity index (χ1) is 16.9. The zero-order valence-electron chi connectivity index (χ0n) is 20.7. The Morgan fingerprint density at radius 1 is 1.33 bits per heavy atom. The van der Waals surface area contributed by atoms with Crippen LogP contribution in [0.1, 0.15) is 53.2 Å². The van der Waals surface area contributed by atoms with Gasteiger partial charge in [0.2, 0.25) is 5.88 Å². The van der Waals surface area contributed by atoms with Crippen LogP contribution >= 0.6 is 11.3 Å². The molecule has 0 unspecified atom stereocenters. The number of amides is 1. The molecule has 0 radical (unpaired) electrons. The maximum Gasteiger partial charge on any atom is 0.274 e. The molecular weight excluding hydrogens is 483 g/mol. The molecule has 5 rings (SSSR count). The lowest BCUT2D eigenvalue weighted by Crippen LogP contribution is -2.25. The van der Waals surface area contributed by atoms with Gasteiger partial charge in [0, 0.05) is 46.2 Å². The largest absolute Gasteiger partial charge is 0.437 e.